The van der Waals surface area contributed by atoms with Gasteiger partial charge in [0.15, 0.2) is 0 Å². The van der Waals surface area contributed by atoms with Gasteiger partial charge in [-0.2, -0.15) is 12.7 Å². The molecule has 1 aromatic carbocycles. The van der Waals surface area contributed by atoms with Crippen molar-refractivity contribution in [3.63, 3.8) is 0 Å². The predicted octanol–water partition coefficient (Wildman–Crippen LogP) is 5.90. The van der Waals surface area contributed by atoms with Crippen LogP contribution in [0.3, 0.4) is 0 Å². The number of aromatic nitrogens is 1. The molecule has 1 aromatic heterocycles. The van der Waals surface area contributed by atoms with Crippen molar-refractivity contribution < 1.29 is 31.9 Å². The number of rotatable bonds is 9. The number of alkyl carbamates (subject to hydrolysis) is 1. The first kappa shape index (κ1) is 36.4. The summed E-state index contributed by atoms with van der Waals surface area (Å²) in [6.07, 6.45) is 1.22. The van der Waals surface area contributed by atoms with Crippen LogP contribution in [0, 0.1) is 17.7 Å². The lowest BCUT2D eigenvalue weighted by Gasteiger charge is -2.40. The summed E-state index contributed by atoms with van der Waals surface area (Å²) in [7, 11) is -4.31. The molecule has 2 aliphatic heterocycles. The van der Waals surface area contributed by atoms with Gasteiger partial charge in [-0.25, -0.2) is 18.9 Å². The Morgan fingerprint density at radius 3 is 2.45 bits per heavy atom. The summed E-state index contributed by atoms with van der Waals surface area (Å²) in [5.41, 5.74) is -1.03. The Morgan fingerprint density at radius 1 is 1.13 bits per heavy atom. The van der Waals surface area contributed by atoms with Crippen LogP contribution in [0.25, 0.3) is 11.3 Å². The lowest BCUT2D eigenvalue weighted by Crippen LogP contribution is -2.60. The standard InChI is InChI=1S/C34H50FN5O6S/c1-22(2)20-45-26-18-24(17-25(35)19-26)28-12-11-27(29(36-28)40-16-13-23(3)33(40,7)8)30(41)38-47(43,44)39-15-10-14-34(9,21-39)37-31(42)46-32(4,5)6/h11-12,17-19,22-23H,10,13-16,20-21H2,1-9H3,(H,37,42)(H,38,41). The first-order chi connectivity index (χ1) is 21.7. The molecule has 3 heterocycles. The third-order valence-electron chi connectivity index (χ3n) is 8.84. The molecule has 13 heteroatoms. The minimum absolute atomic E-state index is 0.0453. The van der Waals surface area contributed by atoms with Crippen molar-refractivity contribution in [2.45, 2.75) is 98.3 Å². The number of amides is 2. The number of nitrogens with one attached hydrogen (secondary N) is 2. The highest BCUT2D eigenvalue weighted by molar-refractivity contribution is 7.87. The Balaban J connectivity index is 1.64. The van der Waals surface area contributed by atoms with Crippen molar-refractivity contribution in [1.82, 2.24) is 19.3 Å². The summed E-state index contributed by atoms with van der Waals surface area (Å²) < 4.78 is 56.5. The van der Waals surface area contributed by atoms with Gasteiger partial charge in [0.25, 0.3) is 5.91 Å². The van der Waals surface area contributed by atoms with E-state index in [1.54, 1.807) is 39.8 Å². The number of ether oxygens (including phenoxy) is 2. The molecule has 260 valence electrons. The Bertz CT molecular complexity index is 1590. The quantitative estimate of drug-likeness (QED) is 0.336. The van der Waals surface area contributed by atoms with E-state index in [1.807, 2.05) is 18.7 Å². The zero-order chi connectivity index (χ0) is 34.9. The van der Waals surface area contributed by atoms with Gasteiger partial charge in [-0.3, -0.25) is 4.79 Å². The smallest absolute Gasteiger partial charge is 0.408 e. The van der Waals surface area contributed by atoms with Crippen molar-refractivity contribution in [2.75, 3.05) is 31.1 Å². The Hall–Kier alpha value is -3.45. The second-order valence-electron chi connectivity index (χ2n) is 15.0. The van der Waals surface area contributed by atoms with E-state index < -0.39 is 44.7 Å². The van der Waals surface area contributed by atoms with Crippen LogP contribution in [-0.2, 0) is 14.9 Å². The molecular weight excluding hydrogens is 625 g/mol. The SMILES string of the molecule is CC(C)COc1cc(F)cc(-c2ccc(C(=O)NS(=O)(=O)N3CCCC(C)(NC(=O)OC(C)(C)C)C3)c(N3CCC(C)C3(C)C)n2)c1. The number of hydrogen-bond donors (Lipinski definition) is 2. The molecule has 2 amide bonds. The molecule has 11 nitrogen and oxygen atoms in total. The van der Waals surface area contributed by atoms with Crippen LogP contribution in [0.1, 0.15) is 91.9 Å². The highest BCUT2D eigenvalue weighted by Crippen LogP contribution is 2.40. The Labute approximate surface area is 278 Å². The summed E-state index contributed by atoms with van der Waals surface area (Å²) in [6.45, 7) is 18.4. The van der Waals surface area contributed by atoms with Crippen molar-refractivity contribution in [3.8, 4) is 17.0 Å². The highest BCUT2D eigenvalue weighted by atomic mass is 32.2. The van der Waals surface area contributed by atoms with Gasteiger partial charge in [-0.1, -0.05) is 20.8 Å². The number of anilines is 1. The highest BCUT2D eigenvalue weighted by Gasteiger charge is 2.42. The molecule has 2 atom stereocenters. The van der Waals surface area contributed by atoms with E-state index in [4.69, 9.17) is 14.5 Å². The fraction of sp³-hybridized carbons (Fsp3) is 0.618. The van der Waals surface area contributed by atoms with Gasteiger partial charge in [0.1, 0.15) is 23.0 Å². The zero-order valence-electron chi connectivity index (χ0n) is 29.1. The molecule has 2 saturated heterocycles. The minimum Gasteiger partial charge on any atom is -0.493 e. The average Bonchev–Trinajstić information content (AvgIpc) is 3.21. The monoisotopic (exact) mass is 675 g/mol. The maximum Gasteiger partial charge on any atom is 0.408 e. The van der Waals surface area contributed by atoms with Crippen LogP contribution in [0.5, 0.6) is 5.75 Å². The molecule has 2 aliphatic rings. The van der Waals surface area contributed by atoms with Crippen LogP contribution < -0.4 is 19.7 Å². The van der Waals surface area contributed by atoms with E-state index >= 15 is 0 Å². The molecule has 0 radical (unpaired) electrons. The van der Waals surface area contributed by atoms with Crippen molar-refractivity contribution >= 4 is 28.0 Å². The van der Waals surface area contributed by atoms with Crippen LogP contribution in [0.4, 0.5) is 15.0 Å². The van der Waals surface area contributed by atoms with Crippen LogP contribution >= 0.6 is 0 Å². The molecule has 0 aliphatic carbocycles. The number of halogens is 1. The van der Waals surface area contributed by atoms with Crippen LogP contribution in [-0.4, -0.2) is 72.6 Å². The number of piperidine rings is 1. The van der Waals surface area contributed by atoms with Gasteiger partial charge in [0, 0.05) is 36.8 Å². The number of pyridine rings is 1. The van der Waals surface area contributed by atoms with Gasteiger partial charge in [-0.15, -0.1) is 0 Å². The molecule has 2 unspecified atom stereocenters. The maximum atomic E-state index is 14.7. The first-order valence-electron chi connectivity index (χ1n) is 16.2. The van der Waals surface area contributed by atoms with E-state index in [9.17, 15) is 22.4 Å². The molecule has 2 N–H and O–H groups in total. The summed E-state index contributed by atoms with van der Waals surface area (Å²) in [5, 5.41) is 2.81. The molecule has 0 spiro atoms. The van der Waals surface area contributed by atoms with Crippen LogP contribution in [0.2, 0.25) is 0 Å². The molecule has 2 aromatic rings. The topological polar surface area (TPSA) is 130 Å². The van der Waals surface area contributed by atoms with Crippen molar-refractivity contribution in [2.24, 2.45) is 11.8 Å². The minimum atomic E-state index is -4.31. The number of carbonyl (C=O) groups is 2. The molecule has 47 heavy (non-hydrogen) atoms. The summed E-state index contributed by atoms with van der Waals surface area (Å²) in [5.74, 6) is -0.117. The second kappa shape index (κ2) is 13.6. The predicted molar refractivity (Wildman–Crippen MR) is 180 cm³/mol. The molecule has 0 saturated carbocycles. The summed E-state index contributed by atoms with van der Waals surface area (Å²) >= 11 is 0. The van der Waals surface area contributed by atoms with Gasteiger partial charge in [0.05, 0.1) is 23.4 Å². The zero-order valence-corrected chi connectivity index (χ0v) is 29.9. The maximum absolute atomic E-state index is 14.7. The third kappa shape index (κ3) is 8.92. The lowest BCUT2D eigenvalue weighted by atomic mass is 9.90. The molecule has 0 bridgehead atoms. The first-order valence-corrected chi connectivity index (χ1v) is 17.7. The number of carbonyl (C=O) groups excluding carboxylic acids is 2. The van der Waals surface area contributed by atoms with E-state index in [2.05, 4.69) is 30.8 Å². The summed E-state index contributed by atoms with van der Waals surface area (Å²) in [6, 6.07) is 7.50. The second-order valence-corrected chi connectivity index (χ2v) is 16.7. The third-order valence-corrected chi connectivity index (χ3v) is 10.3. The van der Waals surface area contributed by atoms with Gasteiger partial charge < -0.3 is 19.7 Å². The summed E-state index contributed by atoms with van der Waals surface area (Å²) in [4.78, 5) is 33.2. The Kier molecular flexibility index (Phi) is 10.5. The fourth-order valence-corrected chi connectivity index (χ4v) is 7.24. The number of nitrogens with zero attached hydrogens (tertiary/aromatic N) is 3. The van der Waals surface area contributed by atoms with Crippen molar-refractivity contribution in [1.29, 1.82) is 0 Å². The molecule has 2 fully saturated rings. The van der Waals surface area contributed by atoms with Gasteiger partial charge in [0.2, 0.25) is 0 Å². The van der Waals surface area contributed by atoms with Crippen LogP contribution in [0.15, 0.2) is 30.3 Å². The normalized spacial score (nSPS) is 21.9. The average molecular weight is 676 g/mol. The molecular formula is C34H50FN5O6S. The van der Waals surface area contributed by atoms with E-state index in [1.165, 1.54) is 22.5 Å². The van der Waals surface area contributed by atoms with E-state index in [-0.39, 0.29) is 30.5 Å². The van der Waals surface area contributed by atoms with Gasteiger partial charge in [-0.05, 0) is 96.9 Å². The van der Waals surface area contributed by atoms with E-state index in [0.717, 1.165) is 6.42 Å². The Morgan fingerprint density at radius 2 is 1.83 bits per heavy atom. The van der Waals surface area contributed by atoms with Crippen molar-refractivity contribution in [3.05, 3.63) is 41.7 Å². The largest absolute Gasteiger partial charge is 0.493 e. The fourth-order valence-electron chi connectivity index (χ4n) is 5.94. The number of hydrogen-bond acceptors (Lipinski definition) is 8. The number of benzene rings is 1. The molecule has 4 rings (SSSR count). The lowest BCUT2D eigenvalue weighted by molar-refractivity contribution is 0.0424. The van der Waals surface area contributed by atoms with E-state index in [0.29, 0.717) is 48.8 Å². The van der Waals surface area contributed by atoms with Gasteiger partial charge >= 0.3 is 16.3 Å².